The molecule has 0 aromatic heterocycles. The van der Waals surface area contributed by atoms with E-state index in [1.54, 1.807) is 6.92 Å². The highest BCUT2D eigenvalue weighted by Gasteiger charge is 2.49. The molecule has 18 heavy (non-hydrogen) atoms. The first-order chi connectivity index (χ1) is 8.67. The molecule has 0 spiro atoms. The van der Waals surface area contributed by atoms with Crippen molar-refractivity contribution < 1.29 is 4.79 Å². The highest BCUT2D eigenvalue weighted by molar-refractivity contribution is 8.01. The van der Waals surface area contributed by atoms with Crippen LogP contribution in [0, 0.1) is 35.0 Å². The first-order valence-corrected chi connectivity index (χ1v) is 8.14. The summed E-state index contributed by atoms with van der Waals surface area (Å²) in [5.41, 5.74) is 0. The number of carbonyl (C=O) groups is 1. The van der Waals surface area contributed by atoms with E-state index in [1.165, 1.54) is 32.1 Å². The topological polar surface area (TPSA) is 40.9 Å². The van der Waals surface area contributed by atoms with Gasteiger partial charge in [0.25, 0.3) is 0 Å². The van der Waals surface area contributed by atoms with Gasteiger partial charge in [-0.2, -0.15) is 5.26 Å². The Kier molecular flexibility index (Phi) is 3.40. The molecule has 0 amide bonds. The molecule has 0 radical (unpaired) electrons. The molecule has 2 nitrogen and oxygen atoms in total. The van der Waals surface area contributed by atoms with Gasteiger partial charge in [0.1, 0.15) is 5.78 Å². The van der Waals surface area contributed by atoms with E-state index in [-0.39, 0.29) is 11.0 Å². The van der Waals surface area contributed by atoms with Gasteiger partial charge in [-0.3, -0.25) is 4.79 Å². The molecule has 4 fully saturated rings. The van der Waals surface area contributed by atoms with Crippen molar-refractivity contribution in [3.05, 3.63) is 0 Å². The summed E-state index contributed by atoms with van der Waals surface area (Å²) in [6, 6.07) is 2.18. The first-order valence-electron chi connectivity index (χ1n) is 7.20. The smallest absolute Gasteiger partial charge is 0.143 e. The van der Waals surface area contributed by atoms with Crippen LogP contribution in [-0.4, -0.2) is 16.3 Å². The molecule has 4 aliphatic carbocycles. The Morgan fingerprint density at radius 1 is 1.22 bits per heavy atom. The quantitative estimate of drug-likeness (QED) is 0.780. The van der Waals surface area contributed by atoms with Crippen molar-refractivity contribution in [1.29, 1.82) is 5.26 Å². The second-order valence-electron chi connectivity index (χ2n) is 6.49. The molecular weight excluding hydrogens is 242 g/mol. The van der Waals surface area contributed by atoms with Gasteiger partial charge in [0.15, 0.2) is 0 Å². The van der Waals surface area contributed by atoms with E-state index in [0.29, 0.717) is 11.7 Å². The van der Waals surface area contributed by atoms with Crippen molar-refractivity contribution >= 4 is 17.5 Å². The average Bonchev–Trinajstić information content (AvgIpc) is 2.31. The maximum Gasteiger partial charge on any atom is 0.143 e. The van der Waals surface area contributed by atoms with Crippen LogP contribution in [-0.2, 0) is 4.79 Å². The molecule has 4 rings (SSSR count). The molecule has 4 aliphatic rings. The zero-order valence-corrected chi connectivity index (χ0v) is 11.8. The third kappa shape index (κ3) is 2.20. The maximum absolute atomic E-state index is 11.6. The Morgan fingerprint density at radius 2 is 1.78 bits per heavy atom. The number of rotatable bonds is 4. The van der Waals surface area contributed by atoms with Gasteiger partial charge in [0, 0.05) is 5.25 Å². The van der Waals surface area contributed by atoms with E-state index in [0.717, 1.165) is 23.7 Å². The average molecular weight is 263 g/mol. The Morgan fingerprint density at radius 3 is 2.22 bits per heavy atom. The normalized spacial score (nSPS) is 42.6. The molecule has 4 bridgehead atoms. The highest BCUT2D eigenvalue weighted by atomic mass is 32.2. The van der Waals surface area contributed by atoms with Gasteiger partial charge in [0.05, 0.1) is 17.7 Å². The number of nitriles is 1. The Balaban J connectivity index is 1.69. The van der Waals surface area contributed by atoms with Gasteiger partial charge in [-0.25, -0.2) is 0 Å². The van der Waals surface area contributed by atoms with Crippen LogP contribution in [0.5, 0.6) is 0 Å². The van der Waals surface area contributed by atoms with Crippen LogP contribution in [0.1, 0.15) is 45.4 Å². The monoisotopic (exact) mass is 263 g/mol. The molecule has 0 N–H and O–H groups in total. The molecule has 1 atom stereocenters. The van der Waals surface area contributed by atoms with E-state index in [4.69, 9.17) is 5.26 Å². The third-order valence-corrected chi connectivity index (χ3v) is 7.10. The molecule has 98 valence electrons. The van der Waals surface area contributed by atoms with Crippen molar-refractivity contribution in [3.8, 4) is 6.07 Å². The van der Waals surface area contributed by atoms with E-state index >= 15 is 0 Å². The number of ketones is 1. The van der Waals surface area contributed by atoms with E-state index in [9.17, 15) is 4.79 Å². The fraction of sp³-hybridized carbons (Fsp3) is 0.867. The maximum atomic E-state index is 11.6. The lowest BCUT2D eigenvalue weighted by atomic mass is 9.56. The van der Waals surface area contributed by atoms with Crippen molar-refractivity contribution in [2.45, 2.75) is 55.9 Å². The van der Waals surface area contributed by atoms with Gasteiger partial charge < -0.3 is 0 Å². The number of nitrogens with zero attached hydrogens (tertiary/aromatic N) is 1. The van der Waals surface area contributed by atoms with Crippen LogP contribution in [0.2, 0.25) is 0 Å². The molecule has 0 aliphatic heterocycles. The zero-order valence-electron chi connectivity index (χ0n) is 11.0. The van der Waals surface area contributed by atoms with Gasteiger partial charge in [-0.1, -0.05) is 0 Å². The van der Waals surface area contributed by atoms with E-state index < -0.39 is 0 Å². The van der Waals surface area contributed by atoms with Crippen molar-refractivity contribution in [1.82, 2.24) is 0 Å². The summed E-state index contributed by atoms with van der Waals surface area (Å²) < 4.78 is 0. The van der Waals surface area contributed by atoms with E-state index in [1.807, 2.05) is 11.8 Å². The predicted octanol–water partition coefficient (Wildman–Crippen LogP) is 3.42. The standard InChI is InChI=1S/C15H21NOS/c1-9(17)14(2-3-16)18-15-12-5-10-4-11(7-12)8-13(15)6-10/h10-15H,2,4-8H2,1H3. The summed E-state index contributed by atoms with van der Waals surface area (Å²) in [5.74, 6) is 3.83. The van der Waals surface area contributed by atoms with E-state index in [2.05, 4.69) is 6.07 Å². The molecule has 1 unspecified atom stereocenters. The minimum atomic E-state index is -0.0717. The largest absolute Gasteiger partial charge is 0.299 e. The number of thioether (sulfide) groups is 1. The first kappa shape index (κ1) is 12.5. The van der Waals surface area contributed by atoms with Crippen LogP contribution < -0.4 is 0 Å². The van der Waals surface area contributed by atoms with Crippen molar-refractivity contribution in [2.24, 2.45) is 23.7 Å². The number of Topliss-reactive ketones (excluding diaryl/α,β-unsaturated/α-hetero) is 1. The summed E-state index contributed by atoms with van der Waals surface area (Å²) in [4.78, 5) is 11.6. The Labute approximate surface area is 114 Å². The fourth-order valence-corrected chi connectivity index (χ4v) is 6.29. The lowest BCUT2D eigenvalue weighted by Crippen LogP contribution is -2.47. The van der Waals surface area contributed by atoms with Crippen molar-refractivity contribution in [3.63, 3.8) is 0 Å². The predicted molar refractivity (Wildman–Crippen MR) is 73.1 cm³/mol. The zero-order chi connectivity index (χ0) is 12.7. The Bertz CT molecular complexity index is 358. The summed E-state index contributed by atoms with van der Waals surface area (Å²) >= 11 is 1.84. The second-order valence-corrected chi connectivity index (χ2v) is 7.88. The number of hydrogen-bond acceptors (Lipinski definition) is 3. The molecule has 0 aromatic rings. The van der Waals surface area contributed by atoms with Gasteiger partial charge >= 0.3 is 0 Å². The minimum absolute atomic E-state index is 0.0717. The van der Waals surface area contributed by atoms with Crippen LogP contribution in [0.4, 0.5) is 0 Å². The molecular formula is C15H21NOS. The van der Waals surface area contributed by atoms with Crippen LogP contribution in [0.3, 0.4) is 0 Å². The lowest BCUT2D eigenvalue weighted by molar-refractivity contribution is -0.116. The summed E-state index contributed by atoms with van der Waals surface area (Å²) in [7, 11) is 0. The summed E-state index contributed by atoms with van der Waals surface area (Å²) in [6.07, 6.45) is 7.43. The summed E-state index contributed by atoms with van der Waals surface area (Å²) in [5, 5.41) is 9.45. The van der Waals surface area contributed by atoms with Gasteiger partial charge in [-0.15, -0.1) is 11.8 Å². The number of carbonyl (C=O) groups excluding carboxylic acids is 1. The van der Waals surface area contributed by atoms with Crippen LogP contribution >= 0.6 is 11.8 Å². The second kappa shape index (κ2) is 4.89. The van der Waals surface area contributed by atoms with Crippen LogP contribution in [0.25, 0.3) is 0 Å². The van der Waals surface area contributed by atoms with Gasteiger partial charge in [0.2, 0.25) is 0 Å². The molecule has 3 heteroatoms. The van der Waals surface area contributed by atoms with Gasteiger partial charge in [-0.05, 0) is 62.7 Å². The summed E-state index contributed by atoms with van der Waals surface area (Å²) in [6.45, 7) is 1.64. The molecule has 0 aromatic carbocycles. The lowest BCUT2D eigenvalue weighted by Gasteiger charge is -2.54. The SMILES string of the molecule is CC(=O)C(CC#N)SC1C2CC3CC(C2)CC1C3. The van der Waals surface area contributed by atoms with Crippen LogP contribution in [0.15, 0.2) is 0 Å². The number of hydrogen-bond donors (Lipinski definition) is 0. The molecule has 0 saturated heterocycles. The Hall–Kier alpha value is -0.490. The molecule has 4 saturated carbocycles. The third-order valence-electron chi connectivity index (χ3n) is 5.19. The molecule has 0 heterocycles. The fourth-order valence-electron chi connectivity index (χ4n) is 4.66. The minimum Gasteiger partial charge on any atom is -0.299 e. The highest BCUT2D eigenvalue weighted by Crippen LogP contribution is 2.57. The van der Waals surface area contributed by atoms with Crippen molar-refractivity contribution in [2.75, 3.05) is 0 Å².